The van der Waals surface area contributed by atoms with Gasteiger partial charge in [-0.25, -0.2) is 0 Å². The van der Waals surface area contributed by atoms with E-state index in [2.05, 4.69) is 32.0 Å². The number of para-hydroxylation sites is 1. The largest absolute Gasteiger partial charge is 0.459 e. The molecule has 0 radical (unpaired) electrons. The van der Waals surface area contributed by atoms with E-state index in [4.69, 9.17) is 10.2 Å². The molecule has 86 valence electrons. The molecule has 0 fully saturated rings. The third-order valence-electron chi connectivity index (χ3n) is 2.63. The minimum Gasteiger partial charge on any atom is -0.459 e. The minimum absolute atomic E-state index is 0.00301. The van der Waals surface area contributed by atoms with Gasteiger partial charge in [-0.3, -0.25) is 0 Å². The molecule has 3 heteroatoms. The van der Waals surface area contributed by atoms with Crippen LogP contribution in [0, 0.1) is 6.92 Å². The molecule has 2 nitrogen and oxygen atoms in total. The third-order valence-corrected chi connectivity index (χ3v) is 3.63. The highest BCUT2D eigenvalue weighted by atomic mass is 32.2. The number of nitrogens with two attached hydrogens (primary N) is 1. The lowest BCUT2D eigenvalue weighted by molar-refractivity contribution is 0.514. The van der Waals surface area contributed by atoms with Gasteiger partial charge in [-0.15, -0.1) is 0 Å². The topological polar surface area (TPSA) is 39.2 Å². The van der Waals surface area contributed by atoms with Gasteiger partial charge in [0.05, 0.1) is 6.04 Å². The summed E-state index contributed by atoms with van der Waals surface area (Å²) in [6, 6.07) is 8.22. The summed E-state index contributed by atoms with van der Waals surface area (Å²) in [5, 5.41) is 1.15. The second-order valence-electron chi connectivity index (χ2n) is 3.91. The second-order valence-corrected chi connectivity index (χ2v) is 5.23. The van der Waals surface area contributed by atoms with E-state index in [0.29, 0.717) is 0 Å². The molecule has 0 amide bonds. The van der Waals surface area contributed by atoms with Crippen LogP contribution in [0.1, 0.15) is 24.3 Å². The van der Waals surface area contributed by atoms with Crippen molar-refractivity contribution >= 4 is 22.7 Å². The van der Waals surface area contributed by atoms with Crippen molar-refractivity contribution < 1.29 is 4.42 Å². The normalized spacial score (nSPS) is 13.2. The van der Waals surface area contributed by atoms with Crippen LogP contribution in [0.5, 0.6) is 0 Å². The van der Waals surface area contributed by atoms with Crippen LogP contribution in [-0.2, 0) is 0 Å². The molecule has 0 bridgehead atoms. The standard InChI is InChI=1S/C13H17NOS/c1-3-16-8-11(14)12-7-10-6-4-5-9(2)13(10)15-12/h4-7,11H,3,8,14H2,1-2H3. The molecular formula is C13H17NOS. The van der Waals surface area contributed by atoms with E-state index in [1.165, 1.54) is 5.56 Å². The van der Waals surface area contributed by atoms with Gasteiger partial charge in [0.1, 0.15) is 11.3 Å². The van der Waals surface area contributed by atoms with E-state index in [-0.39, 0.29) is 6.04 Å². The third kappa shape index (κ3) is 2.25. The first-order valence-corrected chi connectivity index (χ1v) is 6.70. The van der Waals surface area contributed by atoms with Crippen molar-refractivity contribution in [2.75, 3.05) is 11.5 Å². The highest BCUT2D eigenvalue weighted by molar-refractivity contribution is 7.99. The molecule has 0 saturated heterocycles. The summed E-state index contributed by atoms with van der Waals surface area (Å²) in [6.07, 6.45) is 0. The molecule has 2 aromatic rings. The maximum Gasteiger partial charge on any atom is 0.137 e. The van der Waals surface area contributed by atoms with E-state index in [0.717, 1.165) is 28.2 Å². The smallest absolute Gasteiger partial charge is 0.137 e. The summed E-state index contributed by atoms with van der Waals surface area (Å²) in [7, 11) is 0. The maximum absolute atomic E-state index is 6.08. The van der Waals surface area contributed by atoms with Crippen LogP contribution >= 0.6 is 11.8 Å². The lowest BCUT2D eigenvalue weighted by Gasteiger charge is -2.06. The van der Waals surface area contributed by atoms with Gasteiger partial charge < -0.3 is 10.2 Å². The van der Waals surface area contributed by atoms with Crippen molar-refractivity contribution in [2.45, 2.75) is 19.9 Å². The van der Waals surface area contributed by atoms with Crippen molar-refractivity contribution in [1.82, 2.24) is 0 Å². The molecule has 0 aliphatic carbocycles. The van der Waals surface area contributed by atoms with Crippen LogP contribution in [0.15, 0.2) is 28.7 Å². The fourth-order valence-corrected chi connectivity index (χ4v) is 2.39. The van der Waals surface area contributed by atoms with E-state index in [1.54, 1.807) is 0 Å². The second kappa shape index (κ2) is 4.93. The molecule has 1 atom stereocenters. The molecule has 0 saturated carbocycles. The first-order chi connectivity index (χ1) is 7.72. The molecule has 0 aliphatic rings. The first kappa shape index (κ1) is 11.6. The number of hydrogen-bond acceptors (Lipinski definition) is 3. The summed E-state index contributed by atoms with van der Waals surface area (Å²) in [6.45, 7) is 4.20. The fourth-order valence-electron chi connectivity index (χ4n) is 1.74. The Labute approximate surface area is 100 Å². The Hall–Kier alpha value is -0.930. The Balaban J connectivity index is 2.29. The number of thioether (sulfide) groups is 1. The molecule has 16 heavy (non-hydrogen) atoms. The average Bonchev–Trinajstić information content (AvgIpc) is 2.71. The monoisotopic (exact) mass is 235 g/mol. The van der Waals surface area contributed by atoms with Crippen LogP contribution in [0.2, 0.25) is 0 Å². The quantitative estimate of drug-likeness (QED) is 0.881. The summed E-state index contributed by atoms with van der Waals surface area (Å²) >= 11 is 1.84. The minimum atomic E-state index is -0.00301. The van der Waals surface area contributed by atoms with Crippen molar-refractivity contribution in [3.63, 3.8) is 0 Å². The van der Waals surface area contributed by atoms with Gasteiger partial charge in [0, 0.05) is 11.1 Å². The summed E-state index contributed by atoms with van der Waals surface area (Å²) in [5.74, 6) is 2.90. The Morgan fingerprint density at radius 2 is 2.25 bits per heavy atom. The van der Waals surface area contributed by atoms with Gasteiger partial charge in [-0.05, 0) is 24.3 Å². The van der Waals surface area contributed by atoms with E-state index < -0.39 is 0 Å². The summed E-state index contributed by atoms with van der Waals surface area (Å²) < 4.78 is 5.82. The molecule has 0 spiro atoms. The predicted molar refractivity (Wildman–Crippen MR) is 70.9 cm³/mol. The Kier molecular flexibility index (Phi) is 3.56. The van der Waals surface area contributed by atoms with Crippen molar-refractivity contribution in [2.24, 2.45) is 5.73 Å². The number of aryl methyl sites for hydroxylation is 1. The maximum atomic E-state index is 6.08. The molecule has 1 aromatic heterocycles. The number of hydrogen-bond donors (Lipinski definition) is 1. The molecular weight excluding hydrogens is 218 g/mol. The number of fused-ring (bicyclic) bond motifs is 1. The van der Waals surface area contributed by atoms with Crippen LogP contribution in [0.4, 0.5) is 0 Å². The zero-order chi connectivity index (χ0) is 11.5. The average molecular weight is 235 g/mol. The highest BCUT2D eigenvalue weighted by Crippen LogP contribution is 2.26. The molecule has 1 heterocycles. The van der Waals surface area contributed by atoms with Gasteiger partial charge in [0.2, 0.25) is 0 Å². The van der Waals surface area contributed by atoms with Gasteiger partial charge in [-0.2, -0.15) is 11.8 Å². The highest BCUT2D eigenvalue weighted by Gasteiger charge is 2.12. The van der Waals surface area contributed by atoms with E-state index >= 15 is 0 Å². The van der Waals surface area contributed by atoms with E-state index in [9.17, 15) is 0 Å². The lowest BCUT2D eigenvalue weighted by atomic mass is 10.1. The summed E-state index contributed by atoms with van der Waals surface area (Å²) in [4.78, 5) is 0. The van der Waals surface area contributed by atoms with Crippen molar-refractivity contribution in [1.29, 1.82) is 0 Å². The van der Waals surface area contributed by atoms with Crippen LogP contribution in [0.3, 0.4) is 0 Å². The van der Waals surface area contributed by atoms with Gasteiger partial charge in [-0.1, -0.05) is 25.1 Å². The zero-order valence-corrected chi connectivity index (χ0v) is 10.5. The first-order valence-electron chi connectivity index (χ1n) is 5.54. The fraction of sp³-hybridized carbons (Fsp3) is 0.385. The molecule has 2 rings (SSSR count). The van der Waals surface area contributed by atoms with Crippen LogP contribution in [0.25, 0.3) is 11.0 Å². The van der Waals surface area contributed by atoms with Crippen molar-refractivity contribution in [3.05, 3.63) is 35.6 Å². The molecule has 0 aliphatic heterocycles. The van der Waals surface area contributed by atoms with E-state index in [1.807, 2.05) is 17.8 Å². The predicted octanol–water partition coefficient (Wildman–Crippen LogP) is 3.49. The number of furan rings is 1. The van der Waals surface area contributed by atoms with Crippen molar-refractivity contribution in [3.8, 4) is 0 Å². The van der Waals surface area contributed by atoms with Crippen LogP contribution in [-0.4, -0.2) is 11.5 Å². The molecule has 1 aromatic carbocycles. The Morgan fingerprint density at radius 3 is 2.94 bits per heavy atom. The number of rotatable bonds is 4. The lowest BCUT2D eigenvalue weighted by Crippen LogP contribution is -2.11. The Morgan fingerprint density at radius 1 is 1.44 bits per heavy atom. The zero-order valence-electron chi connectivity index (χ0n) is 9.69. The molecule has 1 unspecified atom stereocenters. The van der Waals surface area contributed by atoms with Gasteiger partial charge in [0.15, 0.2) is 0 Å². The Bertz CT molecular complexity index is 478. The molecule has 2 N–H and O–H groups in total. The van der Waals surface area contributed by atoms with Crippen LogP contribution < -0.4 is 5.73 Å². The number of benzene rings is 1. The SMILES string of the molecule is CCSCC(N)c1cc2cccc(C)c2o1. The summed E-state index contributed by atoms with van der Waals surface area (Å²) in [5.41, 5.74) is 8.21. The van der Waals surface area contributed by atoms with Gasteiger partial charge in [0.25, 0.3) is 0 Å². The van der Waals surface area contributed by atoms with Gasteiger partial charge >= 0.3 is 0 Å².